The minimum atomic E-state index is -4.42. The average molecular weight is 408 g/mol. The van der Waals surface area contributed by atoms with Gasteiger partial charge in [-0.15, -0.1) is 0 Å². The Morgan fingerprint density at radius 3 is 2.68 bits per heavy atom. The van der Waals surface area contributed by atoms with E-state index in [1.165, 1.54) is 17.8 Å². The molecule has 0 N–H and O–H groups in total. The maximum Gasteiger partial charge on any atom is 0.416 e. The number of benzene rings is 1. The predicted octanol–water partition coefficient (Wildman–Crippen LogP) is 4.27. The monoisotopic (exact) mass is 408 g/mol. The number of alkyl halides is 3. The Labute approximate surface area is 162 Å². The lowest BCUT2D eigenvalue weighted by molar-refractivity contribution is -0.137. The van der Waals surface area contributed by atoms with E-state index in [9.17, 15) is 18.0 Å². The molecule has 4 rings (SSSR count). The van der Waals surface area contributed by atoms with Crippen LogP contribution < -0.4 is 0 Å². The van der Waals surface area contributed by atoms with E-state index in [0.29, 0.717) is 53.5 Å². The van der Waals surface area contributed by atoms with Crippen molar-refractivity contribution in [3.05, 3.63) is 52.6 Å². The normalized spacial score (nSPS) is 19.4. The number of thioether (sulfide) groups is 1. The zero-order valence-electron chi connectivity index (χ0n) is 14.5. The number of carbonyl (C=O) groups is 1. The maximum atomic E-state index is 12.9. The first kappa shape index (κ1) is 18.8. The molecule has 0 spiro atoms. The van der Waals surface area contributed by atoms with Crippen LogP contribution in [0.1, 0.15) is 11.3 Å². The number of rotatable bonds is 2. The first-order valence-electron chi connectivity index (χ1n) is 8.53. The summed E-state index contributed by atoms with van der Waals surface area (Å²) in [5, 5.41) is 0.629. The van der Waals surface area contributed by atoms with Gasteiger partial charge in [-0.3, -0.25) is 4.79 Å². The summed E-state index contributed by atoms with van der Waals surface area (Å²) < 4.78 is 49.6. The second-order valence-electron chi connectivity index (χ2n) is 6.19. The third-order valence-corrected chi connectivity index (χ3v) is 5.31. The molecule has 0 aliphatic carbocycles. The highest BCUT2D eigenvalue weighted by atomic mass is 32.2. The van der Waals surface area contributed by atoms with Crippen molar-refractivity contribution in [1.29, 1.82) is 0 Å². The Morgan fingerprint density at radius 1 is 1.14 bits per heavy atom. The predicted molar refractivity (Wildman–Crippen MR) is 99.5 cm³/mol. The molecule has 0 radical (unpaired) electrons. The van der Waals surface area contributed by atoms with Crippen LogP contribution in [0.2, 0.25) is 0 Å². The van der Waals surface area contributed by atoms with Gasteiger partial charge in [-0.2, -0.15) is 18.2 Å². The zero-order valence-corrected chi connectivity index (χ0v) is 15.3. The van der Waals surface area contributed by atoms with E-state index < -0.39 is 11.7 Å². The number of amidine groups is 1. The van der Waals surface area contributed by atoms with Gasteiger partial charge >= 0.3 is 6.18 Å². The van der Waals surface area contributed by atoms with E-state index in [2.05, 4.69) is 4.99 Å². The highest BCUT2D eigenvalue weighted by Crippen LogP contribution is 2.34. The second-order valence-corrected chi connectivity index (χ2v) is 7.20. The van der Waals surface area contributed by atoms with Gasteiger partial charge in [0.2, 0.25) is 0 Å². The first-order valence-corrected chi connectivity index (χ1v) is 9.34. The van der Waals surface area contributed by atoms with Gasteiger partial charge in [0.05, 0.1) is 23.7 Å². The van der Waals surface area contributed by atoms with Crippen LogP contribution >= 0.6 is 11.8 Å². The van der Waals surface area contributed by atoms with Gasteiger partial charge in [-0.05, 0) is 36.0 Å². The first-order chi connectivity index (χ1) is 13.4. The number of furan rings is 1. The number of hydrogen-bond acceptors (Lipinski definition) is 5. The fourth-order valence-electron chi connectivity index (χ4n) is 2.85. The van der Waals surface area contributed by atoms with Gasteiger partial charge in [0.25, 0.3) is 5.91 Å². The van der Waals surface area contributed by atoms with Crippen molar-refractivity contribution in [3.8, 4) is 11.3 Å². The number of nitrogens with zero attached hydrogens (tertiary/aromatic N) is 2. The van der Waals surface area contributed by atoms with Gasteiger partial charge < -0.3 is 14.1 Å². The van der Waals surface area contributed by atoms with Crippen LogP contribution in [0.4, 0.5) is 13.2 Å². The van der Waals surface area contributed by atoms with E-state index in [1.807, 2.05) is 4.90 Å². The van der Waals surface area contributed by atoms with Crippen molar-refractivity contribution in [1.82, 2.24) is 4.90 Å². The van der Waals surface area contributed by atoms with Gasteiger partial charge in [0.15, 0.2) is 5.17 Å². The molecule has 2 aromatic rings. The molecule has 0 saturated carbocycles. The van der Waals surface area contributed by atoms with Crippen LogP contribution in [0, 0.1) is 0 Å². The molecule has 0 bridgehead atoms. The third-order valence-electron chi connectivity index (χ3n) is 4.27. The van der Waals surface area contributed by atoms with Gasteiger partial charge in [-0.1, -0.05) is 12.1 Å². The summed E-state index contributed by atoms with van der Waals surface area (Å²) in [6, 6.07) is 8.11. The van der Waals surface area contributed by atoms with E-state index in [-0.39, 0.29) is 5.91 Å². The van der Waals surface area contributed by atoms with Gasteiger partial charge in [0, 0.05) is 24.7 Å². The highest BCUT2D eigenvalue weighted by Gasteiger charge is 2.31. The molecular formula is C19H15F3N2O3S. The summed E-state index contributed by atoms with van der Waals surface area (Å²) in [6.07, 6.45) is -2.87. The lowest BCUT2D eigenvalue weighted by Crippen LogP contribution is -2.38. The summed E-state index contributed by atoms with van der Waals surface area (Å²) >= 11 is 1.25. The van der Waals surface area contributed by atoms with Crippen molar-refractivity contribution in [2.75, 3.05) is 26.3 Å². The molecule has 1 aromatic heterocycles. The molecule has 9 heteroatoms. The summed E-state index contributed by atoms with van der Waals surface area (Å²) in [5.41, 5.74) is -0.429. The van der Waals surface area contributed by atoms with Crippen molar-refractivity contribution in [2.24, 2.45) is 4.99 Å². The number of ether oxygens (including phenoxy) is 1. The van der Waals surface area contributed by atoms with Crippen LogP contribution in [0.5, 0.6) is 0 Å². The quantitative estimate of drug-likeness (QED) is 0.695. The Bertz CT molecular complexity index is 959. The van der Waals surface area contributed by atoms with Gasteiger partial charge in [-0.25, -0.2) is 0 Å². The standard InChI is InChI=1S/C19H15F3N2O3S/c20-19(21,22)13-3-1-2-12(10-13)15-5-4-14(27-15)11-16-17(25)23-18(28-16)24-6-8-26-9-7-24/h1-5,10-11H,6-9H2. The lowest BCUT2D eigenvalue weighted by atomic mass is 10.1. The van der Waals surface area contributed by atoms with Crippen molar-refractivity contribution in [3.63, 3.8) is 0 Å². The van der Waals surface area contributed by atoms with Crippen LogP contribution in [0.25, 0.3) is 17.4 Å². The van der Waals surface area contributed by atoms with Crippen molar-refractivity contribution >= 4 is 28.9 Å². The minimum absolute atomic E-state index is 0.294. The number of aliphatic imine (C=N–C) groups is 1. The number of amides is 1. The Kier molecular flexibility index (Phi) is 5.03. The molecule has 5 nitrogen and oxygen atoms in total. The molecular weight excluding hydrogens is 393 g/mol. The number of carbonyl (C=O) groups excluding carboxylic acids is 1. The number of halogens is 3. The van der Waals surface area contributed by atoms with E-state index in [1.54, 1.807) is 24.3 Å². The van der Waals surface area contributed by atoms with Gasteiger partial charge in [0.1, 0.15) is 11.5 Å². The fourth-order valence-corrected chi connectivity index (χ4v) is 3.80. The molecule has 28 heavy (non-hydrogen) atoms. The van der Waals surface area contributed by atoms with E-state index in [0.717, 1.165) is 12.1 Å². The van der Waals surface area contributed by atoms with Crippen molar-refractivity contribution in [2.45, 2.75) is 6.18 Å². The third kappa shape index (κ3) is 4.00. The molecule has 3 heterocycles. The zero-order chi connectivity index (χ0) is 19.7. The summed E-state index contributed by atoms with van der Waals surface area (Å²) in [4.78, 5) is 18.6. The highest BCUT2D eigenvalue weighted by molar-refractivity contribution is 8.18. The molecule has 2 aliphatic heterocycles. The Hall–Kier alpha value is -2.52. The Morgan fingerprint density at radius 2 is 1.93 bits per heavy atom. The molecule has 2 aliphatic rings. The second kappa shape index (κ2) is 7.48. The molecule has 1 aromatic carbocycles. The smallest absolute Gasteiger partial charge is 0.416 e. The molecule has 0 atom stereocenters. The SMILES string of the molecule is O=C1N=C(N2CCOCC2)SC1=Cc1ccc(-c2cccc(C(F)(F)F)c2)o1. The largest absolute Gasteiger partial charge is 0.457 e. The number of morpholine rings is 1. The molecule has 1 amide bonds. The number of hydrogen-bond donors (Lipinski definition) is 0. The summed E-state index contributed by atoms with van der Waals surface area (Å²) in [5.74, 6) is 0.313. The van der Waals surface area contributed by atoms with Crippen LogP contribution in [0.15, 0.2) is 50.7 Å². The molecule has 0 unspecified atom stereocenters. The minimum Gasteiger partial charge on any atom is -0.457 e. The summed E-state index contributed by atoms with van der Waals surface area (Å²) in [7, 11) is 0. The molecule has 1 saturated heterocycles. The Balaban J connectivity index is 1.52. The van der Waals surface area contributed by atoms with Crippen molar-refractivity contribution < 1.29 is 27.1 Å². The van der Waals surface area contributed by atoms with Crippen LogP contribution in [-0.4, -0.2) is 42.3 Å². The molecule has 1 fully saturated rings. The molecule has 146 valence electrons. The lowest BCUT2D eigenvalue weighted by Gasteiger charge is -2.27. The van der Waals surface area contributed by atoms with Crippen LogP contribution in [-0.2, 0) is 15.7 Å². The average Bonchev–Trinajstić information content (AvgIpc) is 3.29. The van der Waals surface area contributed by atoms with E-state index in [4.69, 9.17) is 9.15 Å². The maximum absolute atomic E-state index is 12.9. The topological polar surface area (TPSA) is 55.0 Å². The fraction of sp³-hybridized carbons (Fsp3) is 0.263. The van der Waals surface area contributed by atoms with E-state index >= 15 is 0 Å². The summed E-state index contributed by atoms with van der Waals surface area (Å²) in [6.45, 7) is 2.52. The van der Waals surface area contributed by atoms with Crippen LogP contribution in [0.3, 0.4) is 0 Å².